The second-order valence-electron chi connectivity index (χ2n) is 5.00. The maximum Gasteiger partial charge on any atom is 0.222 e. The van der Waals surface area contributed by atoms with Crippen molar-refractivity contribution in [2.24, 2.45) is 11.7 Å². The highest BCUT2D eigenvalue weighted by molar-refractivity contribution is 9.11. The van der Waals surface area contributed by atoms with Gasteiger partial charge in [-0.1, -0.05) is 13.3 Å². The molecule has 1 aromatic rings. The molecule has 114 valence electrons. The molecule has 0 saturated carbocycles. The van der Waals surface area contributed by atoms with Crippen molar-refractivity contribution in [2.45, 2.75) is 46.1 Å². The Bertz CT molecular complexity index is 408. The fourth-order valence-corrected chi connectivity index (χ4v) is 3.77. The van der Waals surface area contributed by atoms with E-state index >= 15 is 0 Å². The highest BCUT2D eigenvalue weighted by Gasteiger charge is 2.15. The zero-order chi connectivity index (χ0) is 15.0. The minimum absolute atomic E-state index is 0.257. The molecule has 0 fully saturated rings. The van der Waals surface area contributed by atoms with E-state index in [1.165, 1.54) is 4.88 Å². The third-order valence-electron chi connectivity index (χ3n) is 3.63. The molecule has 0 spiro atoms. The van der Waals surface area contributed by atoms with Gasteiger partial charge < -0.3 is 10.6 Å². The largest absolute Gasteiger partial charge is 0.338 e. The fourth-order valence-electron chi connectivity index (χ4n) is 2.28. The van der Waals surface area contributed by atoms with Gasteiger partial charge in [-0.3, -0.25) is 4.79 Å². The Balaban J connectivity index is 2.46. The predicted octanol–water partition coefficient (Wildman–Crippen LogP) is 4.01. The number of thiophene rings is 1. The van der Waals surface area contributed by atoms with Gasteiger partial charge >= 0.3 is 0 Å². The average Bonchev–Trinajstić information content (AvgIpc) is 2.85. The summed E-state index contributed by atoms with van der Waals surface area (Å²) in [7, 11) is 0. The third kappa shape index (κ3) is 5.94. The van der Waals surface area contributed by atoms with Crippen molar-refractivity contribution in [1.29, 1.82) is 0 Å². The van der Waals surface area contributed by atoms with Crippen LogP contribution in [0.1, 0.15) is 44.4 Å². The summed E-state index contributed by atoms with van der Waals surface area (Å²) in [5.74, 6) is 0.839. The number of rotatable bonds is 9. The number of nitrogens with two attached hydrogens (primary N) is 1. The average molecular weight is 361 g/mol. The molecule has 0 bridgehead atoms. The van der Waals surface area contributed by atoms with Crippen LogP contribution in [0.4, 0.5) is 0 Å². The van der Waals surface area contributed by atoms with Crippen LogP contribution >= 0.6 is 27.3 Å². The summed E-state index contributed by atoms with van der Waals surface area (Å²) < 4.78 is 1.12. The molecule has 0 aliphatic heterocycles. The van der Waals surface area contributed by atoms with Gasteiger partial charge in [0.2, 0.25) is 5.91 Å². The van der Waals surface area contributed by atoms with Crippen molar-refractivity contribution in [3.8, 4) is 0 Å². The van der Waals surface area contributed by atoms with Crippen LogP contribution in [-0.4, -0.2) is 23.9 Å². The van der Waals surface area contributed by atoms with Gasteiger partial charge in [0.1, 0.15) is 0 Å². The Morgan fingerprint density at radius 1 is 1.40 bits per heavy atom. The summed E-state index contributed by atoms with van der Waals surface area (Å²) >= 11 is 5.15. The van der Waals surface area contributed by atoms with Crippen molar-refractivity contribution in [3.63, 3.8) is 0 Å². The Kier molecular flexibility index (Phi) is 8.41. The number of halogens is 1. The Morgan fingerprint density at radius 3 is 2.65 bits per heavy atom. The molecular weight excluding hydrogens is 336 g/mol. The third-order valence-corrected chi connectivity index (χ3v) is 5.24. The van der Waals surface area contributed by atoms with Crippen LogP contribution in [0.2, 0.25) is 0 Å². The normalized spacial score (nSPS) is 12.4. The van der Waals surface area contributed by atoms with E-state index in [-0.39, 0.29) is 5.91 Å². The van der Waals surface area contributed by atoms with E-state index in [1.807, 2.05) is 17.9 Å². The molecule has 0 aliphatic rings. The molecule has 1 amide bonds. The Labute approximate surface area is 134 Å². The summed E-state index contributed by atoms with van der Waals surface area (Å²) in [5, 5.41) is 0. The summed E-state index contributed by atoms with van der Waals surface area (Å²) in [6.07, 6.45) is 3.72. The second-order valence-corrected chi connectivity index (χ2v) is 7.55. The molecule has 5 heteroatoms. The van der Waals surface area contributed by atoms with Crippen LogP contribution in [0, 0.1) is 5.92 Å². The maximum atomic E-state index is 12.3. The van der Waals surface area contributed by atoms with Crippen molar-refractivity contribution < 1.29 is 4.79 Å². The van der Waals surface area contributed by atoms with Crippen LogP contribution in [0.5, 0.6) is 0 Å². The summed E-state index contributed by atoms with van der Waals surface area (Å²) in [6, 6.07) is 4.11. The zero-order valence-corrected chi connectivity index (χ0v) is 14.8. The van der Waals surface area contributed by atoms with E-state index in [0.717, 1.165) is 36.1 Å². The molecule has 1 atom stereocenters. The number of nitrogens with zero attached hydrogens (tertiary/aromatic N) is 1. The zero-order valence-electron chi connectivity index (χ0n) is 12.4. The first-order valence-electron chi connectivity index (χ1n) is 7.32. The van der Waals surface area contributed by atoms with Gasteiger partial charge in [-0.05, 0) is 60.3 Å². The van der Waals surface area contributed by atoms with Crippen LogP contribution < -0.4 is 5.73 Å². The first-order valence-corrected chi connectivity index (χ1v) is 8.93. The lowest BCUT2D eigenvalue weighted by Crippen LogP contribution is -2.30. The van der Waals surface area contributed by atoms with Gasteiger partial charge in [-0.15, -0.1) is 11.3 Å². The lowest BCUT2D eigenvalue weighted by atomic mass is 9.96. The smallest absolute Gasteiger partial charge is 0.222 e. The van der Waals surface area contributed by atoms with E-state index in [0.29, 0.717) is 18.9 Å². The molecule has 1 aromatic heterocycles. The van der Waals surface area contributed by atoms with Crippen LogP contribution in [-0.2, 0) is 11.3 Å². The van der Waals surface area contributed by atoms with Crippen molar-refractivity contribution in [1.82, 2.24) is 4.90 Å². The van der Waals surface area contributed by atoms with Crippen molar-refractivity contribution >= 4 is 33.2 Å². The van der Waals surface area contributed by atoms with Gasteiger partial charge in [-0.25, -0.2) is 0 Å². The molecule has 0 aromatic carbocycles. The molecule has 0 saturated heterocycles. The summed E-state index contributed by atoms with van der Waals surface area (Å²) in [6.45, 7) is 6.41. The van der Waals surface area contributed by atoms with Crippen LogP contribution in [0.25, 0.3) is 0 Å². The van der Waals surface area contributed by atoms with Gasteiger partial charge in [0.05, 0.1) is 10.3 Å². The molecular formula is C15H25BrN2OS. The van der Waals surface area contributed by atoms with Crippen molar-refractivity contribution in [3.05, 3.63) is 20.8 Å². The molecule has 3 nitrogen and oxygen atoms in total. The number of amides is 1. The molecule has 1 unspecified atom stereocenters. The lowest BCUT2D eigenvalue weighted by molar-refractivity contribution is -0.131. The second kappa shape index (κ2) is 9.53. The topological polar surface area (TPSA) is 46.3 Å². The van der Waals surface area contributed by atoms with Crippen LogP contribution in [0.3, 0.4) is 0 Å². The van der Waals surface area contributed by atoms with Crippen LogP contribution in [0.15, 0.2) is 15.9 Å². The molecule has 0 radical (unpaired) electrons. The number of hydrogen-bond acceptors (Lipinski definition) is 3. The minimum atomic E-state index is 0.257. The molecule has 20 heavy (non-hydrogen) atoms. The van der Waals surface area contributed by atoms with Gasteiger partial charge in [-0.2, -0.15) is 0 Å². The Morgan fingerprint density at radius 2 is 2.15 bits per heavy atom. The van der Waals surface area contributed by atoms with E-state index in [9.17, 15) is 4.79 Å². The monoisotopic (exact) mass is 360 g/mol. The molecule has 1 rings (SSSR count). The highest BCUT2D eigenvalue weighted by Crippen LogP contribution is 2.24. The summed E-state index contributed by atoms with van der Waals surface area (Å²) in [4.78, 5) is 15.5. The number of hydrogen-bond donors (Lipinski definition) is 1. The van der Waals surface area contributed by atoms with E-state index in [1.54, 1.807) is 11.3 Å². The SMILES string of the molecule is CCC(CCN)CCC(=O)N(CC)Cc1ccc(Br)s1. The first-order chi connectivity index (χ1) is 9.60. The van der Waals surface area contributed by atoms with Gasteiger partial charge in [0.25, 0.3) is 0 Å². The Hall–Kier alpha value is -0.390. The van der Waals surface area contributed by atoms with E-state index in [4.69, 9.17) is 5.73 Å². The maximum absolute atomic E-state index is 12.3. The molecule has 0 aliphatic carbocycles. The summed E-state index contributed by atoms with van der Waals surface area (Å²) in [5.41, 5.74) is 5.60. The lowest BCUT2D eigenvalue weighted by Gasteiger charge is -2.21. The van der Waals surface area contributed by atoms with Gasteiger partial charge in [0.15, 0.2) is 0 Å². The quantitative estimate of drug-likeness (QED) is 0.722. The van der Waals surface area contributed by atoms with E-state index < -0.39 is 0 Å². The van der Waals surface area contributed by atoms with E-state index in [2.05, 4.69) is 28.9 Å². The predicted molar refractivity (Wildman–Crippen MR) is 89.8 cm³/mol. The standard InChI is InChI=1S/C15H25BrN2OS/c1-3-12(9-10-17)5-8-15(19)18(4-2)11-13-6-7-14(16)20-13/h6-7,12H,3-5,8-11,17H2,1-2H3. The molecule has 1 heterocycles. The minimum Gasteiger partial charge on any atom is -0.338 e. The molecule has 2 N–H and O–H groups in total. The number of carbonyl (C=O) groups excluding carboxylic acids is 1. The fraction of sp³-hybridized carbons (Fsp3) is 0.667. The first kappa shape index (κ1) is 17.7. The highest BCUT2D eigenvalue weighted by atomic mass is 79.9. The number of carbonyl (C=O) groups is 1. The van der Waals surface area contributed by atoms with Gasteiger partial charge in [0, 0.05) is 17.8 Å². The van der Waals surface area contributed by atoms with Crippen molar-refractivity contribution in [2.75, 3.05) is 13.1 Å².